The van der Waals surface area contributed by atoms with E-state index < -0.39 is 0 Å². The Labute approximate surface area is 131 Å². The zero-order valence-corrected chi connectivity index (χ0v) is 12.8. The fourth-order valence-corrected chi connectivity index (χ4v) is 3.18. The van der Waals surface area contributed by atoms with Gasteiger partial charge in [-0.15, -0.1) is 0 Å². The summed E-state index contributed by atoms with van der Waals surface area (Å²) in [4.78, 5) is 14.5. The molecule has 0 spiro atoms. The third-order valence-electron chi connectivity index (χ3n) is 4.36. The van der Waals surface area contributed by atoms with Gasteiger partial charge in [0.05, 0.1) is 5.56 Å². The molecule has 1 aliphatic heterocycles. The van der Waals surface area contributed by atoms with Crippen molar-refractivity contribution in [2.45, 2.75) is 25.7 Å². The van der Waals surface area contributed by atoms with Crippen molar-refractivity contribution in [2.24, 2.45) is 0 Å². The number of benzene rings is 2. The lowest BCUT2D eigenvalue weighted by molar-refractivity contribution is 0.0704. The molecule has 0 unspecified atom stereocenters. The van der Waals surface area contributed by atoms with Crippen LogP contribution in [0.2, 0.25) is 0 Å². The Morgan fingerprint density at radius 3 is 2.77 bits per heavy atom. The average molecular weight is 295 g/mol. The largest absolute Gasteiger partial charge is 0.507 e. The number of carbonyl (C=O) groups excluding carboxylic acids is 1. The number of carbonyl (C=O) groups is 1. The van der Waals surface area contributed by atoms with Crippen molar-refractivity contribution >= 4 is 5.91 Å². The van der Waals surface area contributed by atoms with Gasteiger partial charge in [-0.3, -0.25) is 4.79 Å². The van der Waals surface area contributed by atoms with Crippen LogP contribution in [0, 0.1) is 6.92 Å². The van der Waals surface area contributed by atoms with Crippen molar-refractivity contribution in [2.75, 3.05) is 13.1 Å². The maximum absolute atomic E-state index is 12.6. The summed E-state index contributed by atoms with van der Waals surface area (Å²) < 4.78 is 0. The summed E-state index contributed by atoms with van der Waals surface area (Å²) in [7, 11) is 0. The Morgan fingerprint density at radius 2 is 2.00 bits per heavy atom. The van der Waals surface area contributed by atoms with Crippen molar-refractivity contribution in [1.29, 1.82) is 0 Å². The second-order valence-electron chi connectivity index (χ2n) is 6.02. The topological polar surface area (TPSA) is 40.5 Å². The molecule has 2 aromatic carbocycles. The molecule has 1 atom stereocenters. The predicted octanol–water partition coefficient (Wildman–Crippen LogP) is 3.72. The van der Waals surface area contributed by atoms with E-state index in [1.54, 1.807) is 24.3 Å². The second-order valence-corrected chi connectivity index (χ2v) is 6.02. The lowest BCUT2D eigenvalue weighted by Gasteiger charge is -2.33. The Kier molecular flexibility index (Phi) is 4.14. The van der Waals surface area contributed by atoms with Crippen molar-refractivity contribution in [1.82, 2.24) is 4.90 Å². The number of piperidine rings is 1. The van der Waals surface area contributed by atoms with Crippen LogP contribution in [0.4, 0.5) is 0 Å². The van der Waals surface area contributed by atoms with Gasteiger partial charge >= 0.3 is 0 Å². The van der Waals surface area contributed by atoms with Crippen LogP contribution in [0.15, 0.2) is 48.5 Å². The van der Waals surface area contributed by atoms with E-state index in [0.29, 0.717) is 11.5 Å². The van der Waals surface area contributed by atoms with Crippen molar-refractivity contribution in [3.63, 3.8) is 0 Å². The number of phenolic OH excluding ortho intramolecular Hbond substituents is 1. The molecule has 1 amide bonds. The van der Waals surface area contributed by atoms with Crippen molar-refractivity contribution in [3.05, 3.63) is 65.2 Å². The molecule has 1 heterocycles. The van der Waals surface area contributed by atoms with Crippen LogP contribution in [0.5, 0.6) is 5.75 Å². The molecule has 0 bridgehead atoms. The molecule has 0 aromatic heterocycles. The van der Waals surface area contributed by atoms with E-state index in [1.165, 1.54) is 11.1 Å². The molecule has 22 heavy (non-hydrogen) atoms. The van der Waals surface area contributed by atoms with Crippen LogP contribution in [-0.2, 0) is 0 Å². The van der Waals surface area contributed by atoms with Gasteiger partial charge in [0.2, 0.25) is 0 Å². The molecular formula is C19H21NO2. The Bertz CT molecular complexity index is 681. The molecule has 1 saturated heterocycles. The van der Waals surface area contributed by atoms with E-state index in [4.69, 9.17) is 0 Å². The molecule has 0 saturated carbocycles. The molecule has 0 radical (unpaired) electrons. The van der Waals surface area contributed by atoms with Crippen LogP contribution >= 0.6 is 0 Å². The first-order valence-corrected chi connectivity index (χ1v) is 7.79. The first kappa shape index (κ1) is 14.6. The van der Waals surface area contributed by atoms with Crippen LogP contribution in [0.3, 0.4) is 0 Å². The summed E-state index contributed by atoms with van der Waals surface area (Å²) >= 11 is 0. The third kappa shape index (κ3) is 2.98. The summed E-state index contributed by atoms with van der Waals surface area (Å²) in [5.74, 6) is 0.365. The maximum Gasteiger partial charge on any atom is 0.257 e. The van der Waals surface area contributed by atoms with Crippen LogP contribution in [-0.4, -0.2) is 29.0 Å². The van der Waals surface area contributed by atoms with Gasteiger partial charge in [-0.2, -0.15) is 0 Å². The quantitative estimate of drug-likeness (QED) is 0.917. The van der Waals surface area contributed by atoms with Gasteiger partial charge in [0.25, 0.3) is 5.91 Å². The zero-order chi connectivity index (χ0) is 15.5. The van der Waals surface area contributed by atoms with E-state index >= 15 is 0 Å². The molecule has 3 rings (SSSR count). The maximum atomic E-state index is 12.6. The minimum absolute atomic E-state index is 0.0604. The SMILES string of the molecule is Cc1cccc([C@H]2CCCN(C(=O)c3ccccc3O)C2)c1. The van der Waals surface area contributed by atoms with Crippen LogP contribution < -0.4 is 0 Å². The van der Waals surface area contributed by atoms with Crippen molar-refractivity contribution in [3.8, 4) is 5.75 Å². The normalized spacial score (nSPS) is 18.2. The first-order valence-electron chi connectivity index (χ1n) is 7.79. The molecule has 3 nitrogen and oxygen atoms in total. The molecule has 3 heteroatoms. The molecule has 1 N–H and O–H groups in total. The number of aromatic hydroxyl groups is 1. The molecule has 1 fully saturated rings. The Hall–Kier alpha value is -2.29. The fraction of sp³-hybridized carbons (Fsp3) is 0.316. The van der Waals surface area contributed by atoms with Gasteiger partial charge in [0.1, 0.15) is 5.75 Å². The van der Waals surface area contributed by atoms with E-state index in [1.807, 2.05) is 4.90 Å². The molecule has 114 valence electrons. The number of nitrogens with zero attached hydrogens (tertiary/aromatic N) is 1. The third-order valence-corrected chi connectivity index (χ3v) is 4.36. The lowest BCUT2D eigenvalue weighted by atomic mass is 9.89. The van der Waals surface area contributed by atoms with E-state index in [9.17, 15) is 9.90 Å². The summed E-state index contributed by atoms with van der Waals surface area (Å²) in [5, 5.41) is 9.88. The van der Waals surface area contributed by atoms with E-state index in [-0.39, 0.29) is 11.7 Å². The van der Waals surface area contributed by atoms with Gasteiger partial charge in [-0.05, 0) is 37.5 Å². The highest BCUT2D eigenvalue weighted by molar-refractivity contribution is 5.96. The smallest absolute Gasteiger partial charge is 0.257 e. The standard InChI is InChI=1S/C19H21NO2/c1-14-6-4-7-15(12-14)16-8-5-11-20(13-16)19(22)17-9-2-3-10-18(17)21/h2-4,6-7,9-10,12,16,21H,5,8,11,13H2,1H3/t16-/m0/s1. The number of phenols is 1. The minimum Gasteiger partial charge on any atom is -0.507 e. The first-order chi connectivity index (χ1) is 10.6. The van der Waals surface area contributed by atoms with Crippen LogP contribution in [0.1, 0.15) is 40.2 Å². The van der Waals surface area contributed by atoms with Gasteiger partial charge in [-0.1, -0.05) is 42.0 Å². The molecule has 1 aliphatic rings. The Balaban J connectivity index is 1.78. The summed E-state index contributed by atoms with van der Waals surface area (Å²) in [6.07, 6.45) is 2.10. The van der Waals surface area contributed by atoms with E-state index in [2.05, 4.69) is 31.2 Å². The molecule has 0 aliphatic carbocycles. The highest BCUT2D eigenvalue weighted by atomic mass is 16.3. The summed E-state index contributed by atoms with van der Waals surface area (Å²) in [6.45, 7) is 3.57. The van der Waals surface area contributed by atoms with E-state index in [0.717, 1.165) is 25.9 Å². The molecular weight excluding hydrogens is 274 g/mol. The number of para-hydroxylation sites is 1. The number of hydrogen-bond donors (Lipinski definition) is 1. The monoisotopic (exact) mass is 295 g/mol. The number of aryl methyl sites for hydroxylation is 1. The number of likely N-dealkylation sites (tertiary alicyclic amines) is 1. The summed E-state index contributed by atoms with van der Waals surface area (Å²) in [5.41, 5.74) is 2.95. The van der Waals surface area contributed by atoms with Gasteiger partial charge in [0.15, 0.2) is 0 Å². The highest BCUT2D eigenvalue weighted by Crippen LogP contribution is 2.29. The predicted molar refractivity (Wildman–Crippen MR) is 87.2 cm³/mol. The average Bonchev–Trinajstić information content (AvgIpc) is 2.55. The van der Waals surface area contributed by atoms with Crippen molar-refractivity contribution < 1.29 is 9.90 Å². The number of rotatable bonds is 2. The highest BCUT2D eigenvalue weighted by Gasteiger charge is 2.26. The zero-order valence-electron chi connectivity index (χ0n) is 12.8. The van der Waals surface area contributed by atoms with Gasteiger partial charge < -0.3 is 10.0 Å². The Morgan fingerprint density at radius 1 is 1.18 bits per heavy atom. The molecule has 2 aromatic rings. The minimum atomic E-state index is -0.0737. The van der Waals surface area contributed by atoms with Gasteiger partial charge in [0, 0.05) is 19.0 Å². The lowest BCUT2D eigenvalue weighted by Crippen LogP contribution is -2.39. The van der Waals surface area contributed by atoms with Crippen LogP contribution in [0.25, 0.3) is 0 Å². The number of amides is 1. The summed E-state index contributed by atoms with van der Waals surface area (Å²) in [6, 6.07) is 15.3. The fourth-order valence-electron chi connectivity index (χ4n) is 3.18. The second kappa shape index (κ2) is 6.22. The number of hydrogen-bond acceptors (Lipinski definition) is 2. The van der Waals surface area contributed by atoms with Gasteiger partial charge in [-0.25, -0.2) is 0 Å².